The number of rotatable bonds is 3. The first-order valence-corrected chi connectivity index (χ1v) is 12.3. The largest absolute Gasteiger partial charge is 0.341 e. The van der Waals surface area contributed by atoms with Gasteiger partial charge in [-0.1, -0.05) is 29.4 Å². The minimum Gasteiger partial charge on any atom is -0.341 e. The molecular formula is C23H30ClN7S. The van der Waals surface area contributed by atoms with E-state index in [1.165, 1.54) is 0 Å². The highest BCUT2D eigenvalue weighted by Gasteiger charge is 2.39. The summed E-state index contributed by atoms with van der Waals surface area (Å²) in [7, 11) is 4.00. The molecule has 3 unspecified atom stereocenters. The number of nitrogens with zero attached hydrogens (tertiary/aromatic N) is 5. The zero-order valence-electron chi connectivity index (χ0n) is 18.8. The molecule has 1 fully saturated rings. The molecule has 2 aromatic rings. The maximum Gasteiger partial charge on any atom is 0.198 e. The van der Waals surface area contributed by atoms with Gasteiger partial charge in [0.1, 0.15) is 0 Å². The van der Waals surface area contributed by atoms with Gasteiger partial charge in [0.2, 0.25) is 0 Å². The number of piperidine rings is 1. The Balaban J connectivity index is 1.33. The van der Waals surface area contributed by atoms with Crippen molar-refractivity contribution < 1.29 is 0 Å². The molecule has 0 aliphatic carbocycles. The number of thioether (sulfide) groups is 1. The summed E-state index contributed by atoms with van der Waals surface area (Å²) in [6.45, 7) is 4.96. The SMILES string of the molecule is CC1=NC(N2C=CC3(CCNCC3N)CC2)N(C)C=C1Sc1ccc2nn(C)cc2c1Cl. The predicted octanol–water partition coefficient (Wildman–Crippen LogP) is 3.38. The third kappa shape index (κ3) is 3.83. The topological polar surface area (TPSA) is 74.7 Å². The van der Waals surface area contributed by atoms with Crippen LogP contribution in [0.4, 0.5) is 0 Å². The number of fused-ring (bicyclic) bond motifs is 1. The molecule has 1 spiro atoms. The lowest BCUT2D eigenvalue weighted by molar-refractivity contribution is 0.0984. The molecule has 170 valence electrons. The summed E-state index contributed by atoms with van der Waals surface area (Å²) >= 11 is 8.36. The average molecular weight is 472 g/mol. The number of hydrogen-bond donors (Lipinski definition) is 2. The molecule has 0 radical (unpaired) electrons. The van der Waals surface area contributed by atoms with Gasteiger partial charge in [0, 0.05) is 66.2 Å². The van der Waals surface area contributed by atoms with Crippen molar-refractivity contribution in [2.24, 2.45) is 23.2 Å². The molecule has 9 heteroatoms. The second-order valence-corrected chi connectivity index (χ2v) is 10.5. The van der Waals surface area contributed by atoms with Crippen molar-refractivity contribution >= 4 is 40.0 Å². The van der Waals surface area contributed by atoms with Crippen LogP contribution < -0.4 is 11.1 Å². The Morgan fingerprint density at radius 2 is 2.12 bits per heavy atom. The second-order valence-electron chi connectivity index (χ2n) is 9.03. The third-order valence-electron chi connectivity index (χ3n) is 6.87. The van der Waals surface area contributed by atoms with Crippen molar-refractivity contribution in [3.8, 4) is 0 Å². The number of nitrogens with two attached hydrogens (primary N) is 1. The molecule has 0 saturated carbocycles. The Bertz CT molecular complexity index is 1120. The number of aromatic nitrogens is 2. The first-order valence-electron chi connectivity index (χ1n) is 11.1. The fourth-order valence-corrected chi connectivity index (χ4v) is 6.17. The number of benzene rings is 1. The van der Waals surface area contributed by atoms with Gasteiger partial charge in [-0.25, -0.2) is 4.99 Å². The van der Waals surface area contributed by atoms with E-state index < -0.39 is 0 Å². The molecule has 5 rings (SSSR count). The Morgan fingerprint density at radius 3 is 2.88 bits per heavy atom. The van der Waals surface area contributed by atoms with Crippen LogP contribution in [0.3, 0.4) is 0 Å². The van der Waals surface area contributed by atoms with E-state index in [1.54, 1.807) is 16.4 Å². The predicted molar refractivity (Wildman–Crippen MR) is 133 cm³/mol. The van der Waals surface area contributed by atoms with Crippen LogP contribution in [0, 0.1) is 5.41 Å². The van der Waals surface area contributed by atoms with Gasteiger partial charge in [0.05, 0.1) is 16.3 Å². The smallest absolute Gasteiger partial charge is 0.198 e. The minimum atomic E-state index is -0.0397. The van der Waals surface area contributed by atoms with E-state index in [0.29, 0.717) is 0 Å². The quantitative estimate of drug-likeness (QED) is 0.714. The van der Waals surface area contributed by atoms with Gasteiger partial charge in [0.15, 0.2) is 6.29 Å². The lowest BCUT2D eigenvalue weighted by Crippen LogP contribution is -2.56. The van der Waals surface area contributed by atoms with E-state index in [9.17, 15) is 0 Å². The number of halogens is 1. The van der Waals surface area contributed by atoms with Crippen LogP contribution in [0.25, 0.3) is 10.9 Å². The molecule has 1 aromatic heterocycles. The van der Waals surface area contributed by atoms with E-state index in [1.807, 2.05) is 25.4 Å². The van der Waals surface area contributed by atoms with Crippen molar-refractivity contribution in [1.82, 2.24) is 24.9 Å². The van der Waals surface area contributed by atoms with Crippen LogP contribution in [-0.4, -0.2) is 64.3 Å². The molecule has 4 heterocycles. The molecule has 0 amide bonds. The highest BCUT2D eigenvalue weighted by atomic mass is 35.5. The second kappa shape index (κ2) is 8.41. The van der Waals surface area contributed by atoms with Gasteiger partial charge >= 0.3 is 0 Å². The first-order chi connectivity index (χ1) is 15.4. The highest BCUT2D eigenvalue weighted by molar-refractivity contribution is 8.04. The van der Waals surface area contributed by atoms with Crippen LogP contribution in [0.15, 0.2) is 51.6 Å². The maximum atomic E-state index is 6.70. The Labute approximate surface area is 198 Å². The summed E-state index contributed by atoms with van der Waals surface area (Å²) in [6, 6.07) is 4.23. The molecule has 32 heavy (non-hydrogen) atoms. The molecule has 1 aromatic carbocycles. The van der Waals surface area contributed by atoms with Crippen LogP contribution in [0.1, 0.15) is 19.8 Å². The number of nitrogens with one attached hydrogen (secondary N) is 1. The van der Waals surface area contributed by atoms with E-state index in [4.69, 9.17) is 22.3 Å². The monoisotopic (exact) mass is 471 g/mol. The lowest BCUT2D eigenvalue weighted by Gasteiger charge is -2.47. The van der Waals surface area contributed by atoms with Gasteiger partial charge < -0.3 is 20.9 Å². The van der Waals surface area contributed by atoms with Gasteiger partial charge in [0.25, 0.3) is 0 Å². The Kier molecular flexibility index (Phi) is 5.73. The van der Waals surface area contributed by atoms with Gasteiger partial charge in [-0.3, -0.25) is 4.68 Å². The van der Waals surface area contributed by atoms with E-state index >= 15 is 0 Å². The number of hydrogen-bond acceptors (Lipinski definition) is 7. The molecule has 0 bridgehead atoms. The van der Waals surface area contributed by atoms with Crippen molar-refractivity contribution in [3.05, 3.63) is 46.7 Å². The number of allylic oxidation sites excluding steroid dienone is 1. The Hall–Kier alpha value is -2.00. The summed E-state index contributed by atoms with van der Waals surface area (Å²) in [4.78, 5) is 11.6. The van der Waals surface area contributed by atoms with E-state index in [0.717, 1.165) is 63.9 Å². The number of aliphatic imine (C=N–C) groups is 1. The summed E-state index contributed by atoms with van der Waals surface area (Å²) < 4.78 is 1.79. The highest BCUT2D eigenvalue weighted by Crippen LogP contribution is 2.40. The van der Waals surface area contributed by atoms with Gasteiger partial charge in [-0.05, 0) is 44.6 Å². The molecule has 1 saturated heterocycles. The van der Waals surface area contributed by atoms with Crippen LogP contribution in [0.5, 0.6) is 0 Å². The summed E-state index contributed by atoms with van der Waals surface area (Å²) in [5.41, 5.74) is 8.50. The lowest BCUT2D eigenvalue weighted by atomic mass is 9.71. The standard InChI is InChI=1S/C23H30ClN7S/c1-15-19(32-18-5-4-17-16(21(18)24)13-30(3)28-17)14-29(2)22(27-15)31-10-7-23(8-11-31)6-9-26-12-20(23)25/h4-5,7,10,13-14,20,22,26H,6,8-9,11-12,25H2,1-3H3. The van der Waals surface area contributed by atoms with Crippen molar-refractivity contribution in [1.29, 1.82) is 0 Å². The summed E-state index contributed by atoms with van der Waals surface area (Å²) in [6.07, 6.45) is 10.8. The molecular weight excluding hydrogens is 442 g/mol. The molecule has 3 atom stereocenters. The van der Waals surface area contributed by atoms with Gasteiger partial charge in [-0.15, -0.1) is 0 Å². The summed E-state index contributed by atoms with van der Waals surface area (Å²) in [5, 5.41) is 9.56. The van der Waals surface area contributed by atoms with Crippen molar-refractivity contribution in [2.75, 3.05) is 26.7 Å². The third-order valence-corrected chi connectivity index (χ3v) is 8.57. The molecule has 3 aliphatic rings. The van der Waals surface area contributed by atoms with Crippen LogP contribution in [-0.2, 0) is 7.05 Å². The van der Waals surface area contributed by atoms with Crippen molar-refractivity contribution in [3.63, 3.8) is 0 Å². The minimum absolute atomic E-state index is 0.0397. The van der Waals surface area contributed by atoms with Crippen LogP contribution in [0.2, 0.25) is 5.02 Å². The fraction of sp³-hybridized carbons (Fsp3) is 0.478. The van der Waals surface area contributed by atoms with Gasteiger partial charge in [-0.2, -0.15) is 5.10 Å². The molecule has 3 N–H and O–H groups in total. The molecule has 7 nitrogen and oxygen atoms in total. The normalized spacial score (nSPS) is 28.4. The Morgan fingerprint density at radius 1 is 1.28 bits per heavy atom. The van der Waals surface area contributed by atoms with Crippen LogP contribution >= 0.6 is 23.4 Å². The molecule has 3 aliphatic heterocycles. The average Bonchev–Trinajstić information content (AvgIpc) is 3.16. The van der Waals surface area contributed by atoms with E-state index in [-0.39, 0.29) is 17.7 Å². The fourth-order valence-electron chi connectivity index (χ4n) is 4.85. The zero-order chi connectivity index (χ0) is 22.5. The number of aryl methyl sites for hydroxylation is 1. The first kappa shape index (κ1) is 21.8. The van der Waals surface area contributed by atoms with E-state index in [2.05, 4.69) is 52.7 Å². The zero-order valence-corrected chi connectivity index (χ0v) is 20.3. The maximum absolute atomic E-state index is 6.70. The van der Waals surface area contributed by atoms with Crippen molar-refractivity contribution in [2.45, 2.75) is 37.0 Å². The summed E-state index contributed by atoms with van der Waals surface area (Å²) in [5.74, 6) is 0.